The van der Waals surface area contributed by atoms with Gasteiger partial charge in [-0.15, -0.1) is 11.3 Å². The highest BCUT2D eigenvalue weighted by Gasteiger charge is 2.34. The SMILES string of the molecule is O=C(NC(c1ccccc1)c1cccs1)C1CCN(S(=O)(=O)c2ccccc2F)CC1. The highest BCUT2D eigenvalue weighted by atomic mass is 32.2. The largest absolute Gasteiger partial charge is 0.344 e. The molecule has 1 unspecified atom stereocenters. The maximum Gasteiger partial charge on any atom is 0.245 e. The van der Waals surface area contributed by atoms with E-state index >= 15 is 0 Å². The summed E-state index contributed by atoms with van der Waals surface area (Å²) >= 11 is 1.58. The zero-order valence-corrected chi connectivity index (χ0v) is 18.4. The van der Waals surface area contributed by atoms with E-state index < -0.39 is 15.8 Å². The van der Waals surface area contributed by atoms with Gasteiger partial charge in [0.1, 0.15) is 10.7 Å². The normalized spacial score (nSPS) is 16.7. The molecule has 5 nitrogen and oxygen atoms in total. The first-order valence-electron chi connectivity index (χ1n) is 10.1. The molecule has 1 aliphatic heterocycles. The molecule has 1 aliphatic rings. The molecule has 0 radical (unpaired) electrons. The predicted octanol–water partition coefficient (Wildman–Crippen LogP) is 4.19. The summed E-state index contributed by atoms with van der Waals surface area (Å²) in [7, 11) is -3.92. The number of rotatable bonds is 6. The number of carbonyl (C=O) groups is 1. The van der Waals surface area contributed by atoms with Crippen molar-refractivity contribution in [2.75, 3.05) is 13.1 Å². The average molecular weight is 459 g/mol. The van der Waals surface area contributed by atoms with Gasteiger partial charge in [0.2, 0.25) is 15.9 Å². The van der Waals surface area contributed by atoms with E-state index in [4.69, 9.17) is 0 Å². The molecule has 2 heterocycles. The van der Waals surface area contributed by atoms with Crippen LogP contribution in [0.5, 0.6) is 0 Å². The molecular formula is C23H23FN2O3S2. The van der Waals surface area contributed by atoms with Crippen LogP contribution < -0.4 is 5.32 Å². The number of nitrogens with zero attached hydrogens (tertiary/aromatic N) is 1. The van der Waals surface area contributed by atoms with Gasteiger partial charge in [-0.05, 0) is 42.0 Å². The van der Waals surface area contributed by atoms with E-state index in [0.29, 0.717) is 12.8 Å². The van der Waals surface area contributed by atoms with Crippen molar-refractivity contribution in [2.45, 2.75) is 23.8 Å². The molecule has 8 heteroatoms. The lowest BCUT2D eigenvalue weighted by Gasteiger charge is -2.31. The zero-order chi connectivity index (χ0) is 21.8. The molecule has 1 aromatic heterocycles. The van der Waals surface area contributed by atoms with E-state index in [1.54, 1.807) is 11.3 Å². The summed E-state index contributed by atoms with van der Waals surface area (Å²) in [6, 6.07) is 18.9. The fourth-order valence-electron chi connectivity index (χ4n) is 3.83. The Kier molecular flexibility index (Phi) is 6.50. The Bertz CT molecular complexity index is 1130. The van der Waals surface area contributed by atoms with Crippen molar-refractivity contribution in [2.24, 2.45) is 5.92 Å². The predicted molar refractivity (Wildman–Crippen MR) is 119 cm³/mol. The third-order valence-corrected chi connectivity index (χ3v) is 8.40. The van der Waals surface area contributed by atoms with Gasteiger partial charge >= 0.3 is 0 Å². The Hall–Kier alpha value is -2.55. The summed E-state index contributed by atoms with van der Waals surface area (Å²) in [6.45, 7) is 0.369. The number of halogens is 1. The van der Waals surface area contributed by atoms with Gasteiger partial charge < -0.3 is 5.32 Å². The molecule has 0 spiro atoms. The second-order valence-corrected chi connectivity index (χ2v) is 10.4. The Morgan fingerprint density at radius 2 is 1.68 bits per heavy atom. The molecule has 1 saturated heterocycles. The standard InChI is InChI=1S/C23H23FN2O3S2/c24-19-9-4-5-11-21(19)31(28,29)26-14-12-18(13-15-26)23(27)25-22(20-10-6-16-30-20)17-7-2-1-3-8-17/h1-11,16,18,22H,12-15H2,(H,25,27). The van der Waals surface area contributed by atoms with Crippen molar-refractivity contribution >= 4 is 27.3 Å². The summed E-state index contributed by atoms with van der Waals surface area (Å²) in [5.41, 5.74) is 0.998. The fourth-order valence-corrected chi connectivity index (χ4v) is 6.17. The minimum atomic E-state index is -3.92. The van der Waals surface area contributed by atoms with Gasteiger partial charge in [0.15, 0.2) is 0 Å². The Labute approximate surface area is 185 Å². The maximum absolute atomic E-state index is 14.0. The van der Waals surface area contributed by atoms with Crippen LogP contribution in [0, 0.1) is 11.7 Å². The minimum absolute atomic E-state index is 0.0924. The van der Waals surface area contributed by atoms with Gasteiger partial charge in [-0.3, -0.25) is 4.79 Å². The second-order valence-electron chi connectivity index (χ2n) is 7.48. The molecule has 1 fully saturated rings. The van der Waals surface area contributed by atoms with E-state index in [1.807, 2.05) is 47.8 Å². The van der Waals surface area contributed by atoms with Gasteiger partial charge in [0.25, 0.3) is 0 Å². The highest BCUT2D eigenvalue weighted by molar-refractivity contribution is 7.89. The van der Waals surface area contributed by atoms with Crippen molar-refractivity contribution in [3.8, 4) is 0 Å². The van der Waals surface area contributed by atoms with Crippen LogP contribution in [0.15, 0.2) is 77.0 Å². The van der Waals surface area contributed by atoms with Crippen LogP contribution in [0.4, 0.5) is 4.39 Å². The molecule has 0 bridgehead atoms. The average Bonchev–Trinajstić information content (AvgIpc) is 3.33. The van der Waals surface area contributed by atoms with Crippen molar-refractivity contribution < 1.29 is 17.6 Å². The molecule has 1 amide bonds. The van der Waals surface area contributed by atoms with Gasteiger partial charge in [0, 0.05) is 23.9 Å². The van der Waals surface area contributed by atoms with Crippen LogP contribution in [0.3, 0.4) is 0 Å². The van der Waals surface area contributed by atoms with Crippen LogP contribution in [-0.2, 0) is 14.8 Å². The lowest BCUT2D eigenvalue weighted by molar-refractivity contribution is -0.126. The summed E-state index contributed by atoms with van der Waals surface area (Å²) in [5.74, 6) is -1.15. The second kappa shape index (κ2) is 9.30. The van der Waals surface area contributed by atoms with Crippen molar-refractivity contribution in [3.05, 3.63) is 88.4 Å². The number of carbonyl (C=O) groups excluding carboxylic acids is 1. The number of benzene rings is 2. The summed E-state index contributed by atoms with van der Waals surface area (Å²) < 4.78 is 40.9. The highest BCUT2D eigenvalue weighted by Crippen LogP contribution is 2.29. The van der Waals surface area contributed by atoms with Crippen LogP contribution in [0.25, 0.3) is 0 Å². The number of thiophene rings is 1. The molecule has 3 aromatic rings. The van der Waals surface area contributed by atoms with Gasteiger partial charge in [-0.2, -0.15) is 4.31 Å². The molecule has 0 aliphatic carbocycles. The monoisotopic (exact) mass is 458 g/mol. The van der Waals surface area contributed by atoms with E-state index in [1.165, 1.54) is 22.5 Å². The molecule has 2 aromatic carbocycles. The van der Waals surface area contributed by atoms with Gasteiger partial charge in [0.05, 0.1) is 6.04 Å². The first-order chi connectivity index (χ1) is 15.0. The molecular weight excluding hydrogens is 435 g/mol. The topological polar surface area (TPSA) is 66.5 Å². The van der Waals surface area contributed by atoms with E-state index in [0.717, 1.165) is 16.5 Å². The first kappa shape index (κ1) is 21.7. The van der Waals surface area contributed by atoms with Crippen molar-refractivity contribution in [3.63, 3.8) is 0 Å². The van der Waals surface area contributed by atoms with Crippen LogP contribution in [0.2, 0.25) is 0 Å². The molecule has 1 atom stereocenters. The third kappa shape index (κ3) is 4.71. The first-order valence-corrected chi connectivity index (χ1v) is 12.4. The lowest BCUT2D eigenvalue weighted by Crippen LogP contribution is -2.43. The smallest absolute Gasteiger partial charge is 0.245 e. The summed E-state index contributed by atoms with van der Waals surface area (Å²) in [4.78, 5) is 13.7. The Morgan fingerprint density at radius 3 is 2.32 bits per heavy atom. The number of hydrogen-bond donors (Lipinski definition) is 1. The van der Waals surface area contributed by atoms with E-state index in [9.17, 15) is 17.6 Å². The summed E-state index contributed by atoms with van der Waals surface area (Å²) in [5, 5.41) is 5.12. The molecule has 162 valence electrons. The number of amides is 1. The number of hydrogen-bond acceptors (Lipinski definition) is 4. The quantitative estimate of drug-likeness (QED) is 0.602. The minimum Gasteiger partial charge on any atom is -0.344 e. The van der Waals surface area contributed by atoms with Crippen LogP contribution >= 0.6 is 11.3 Å². The Balaban J connectivity index is 1.44. The molecule has 1 N–H and O–H groups in total. The third-order valence-electron chi connectivity index (χ3n) is 5.53. The van der Waals surface area contributed by atoms with Crippen molar-refractivity contribution in [1.82, 2.24) is 9.62 Å². The lowest BCUT2D eigenvalue weighted by atomic mass is 9.96. The number of piperidine rings is 1. The van der Waals surface area contributed by atoms with Gasteiger partial charge in [-0.1, -0.05) is 48.5 Å². The maximum atomic E-state index is 14.0. The fraction of sp³-hybridized carbons (Fsp3) is 0.261. The van der Waals surface area contributed by atoms with Crippen LogP contribution in [0.1, 0.15) is 29.3 Å². The zero-order valence-electron chi connectivity index (χ0n) is 16.8. The number of nitrogens with one attached hydrogen (secondary N) is 1. The molecule has 31 heavy (non-hydrogen) atoms. The van der Waals surface area contributed by atoms with E-state index in [2.05, 4.69) is 5.32 Å². The van der Waals surface area contributed by atoms with E-state index in [-0.39, 0.29) is 35.9 Å². The van der Waals surface area contributed by atoms with Crippen molar-refractivity contribution in [1.29, 1.82) is 0 Å². The summed E-state index contributed by atoms with van der Waals surface area (Å²) in [6.07, 6.45) is 0.789. The number of sulfonamides is 1. The van der Waals surface area contributed by atoms with Crippen LogP contribution in [-0.4, -0.2) is 31.7 Å². The molecule has 0 saturated carbocycles. The Morgan fingerprint density at radius 1 is 1.00 bits per heavy atom. The molecule has 4 rings (SSSR count). The van der Waals surface area contributed by atoms with Gasteiger partial charge in [-0.25, -0.2) is 12.8 Å².